The lowest BCUT2D eigenvalue weighted by atomic mass is 10.1. The van der Waals surface area contributed by atoms with Crippen molar-refractivity contribution >= 4 is 17.7 Å². The van der Waals surface area contributed by atoms with E-state index in [0.29, 0.717) is 0 Å². The van der Waals surface area contributed by atoms with Crippen molar-refractivity contribution in [3.63, 3.8) is 0 Å². The fourth-order valence-corrected chi connectivity index (χ4v) is 4.77. The molecule has 1 atom stereocenters. The highest BCUT2D eigenvalue weighted by molar-refractivity contribution is 8.00. The van der Waals surface area contributed by atoms with Gasteiger partial charge in [-0.05, 0) is 49.1 Å². The van der Waals surface area contributed by atoms with Gasteiger partial charge in [-0.25, -0.2) is 0 Å². The van der Waals surface area contributed by atoms with Crippen molar-refractivity contribution < 1.29 is 9.53 Å². The molecule has 156 valence electrons. The number of ether oxygens (including phenoxy) is 1. The normalized spacial score (nSPS) is 15.1. The Morgan fingerprint density at radius 3 is 2.37 bits per heavy atom. The van der Waals surface area contributed by atoms with Gasteiger partial charge in [0.25, 0.3) is 0 Å². The molecule has 30 heavy (non-hydrogen) atoms. The van der Waals surface area contributed by atoms with Gasteiger partial charge in [0, 0.05) is 25.7 Å². The SMILES string of the molecule is COc1ccc(-c2nnc(S[C@H](C(=O)N3CCCCC3)c3ccccc3)n2C)cc1. The van der Waals surface area contributed by atoms with Crippen LogP contribution in [0.5, 0.6) is 5.75 Å². The fourth-order valence-electron chi connectivity index (χ4n) is 3.68. The molecule has 0 unspecified atom stereocenters. The van der Waals surface area contributed by atoms with E-state index in [1.54, 1.807) is 7.11 Å². The van der Waals surface area contributed by atoms with Crippen molar-refractivity contribution in [2.75, 3.05) is 20.2 Å². The van der Waals surface area contributed by atoms with Crippen LogP contribution in [0.1, 0.15) is 30.1 Å². The van der Waals surface area contributed by atoms with Gasteiger partial charge in [0.2, 0.25) is 5.91 Å². The van der Waals surface area contributed by atoms with Crippen LogP contribution in [0.15, 0.2) is 59.8 Å². The number of rotatable bonds is 6. The molecule has 6 nitrogen and oxygen atoms in total. The number of nitrogens with zero attached hydrogens (tertiary/aromatic N) is 4. The summed E-state index contributed by atoms with van der Waals surface area (Å²) in [7, 11) is 3.59. The Labute approximate surface area is 181 Å². The van der Waals surface area contributed by atoms with E-state index in [1.165, 1.54) is 18.2 Å². The average molecular weight is 423 g/mol. The zero-order valence-electron chi connectivity index (χ0n) is 17.3. The van der Waals surface area contributed by atoms with Crippen LogP contribution >= 0.6 is 11.8 Å². The summed E-state index contributed by atoms with van der Waals surface area (Å²) >= 11 is 1.47. The third kappa shape index (κ3) is 4.36. The molecule has 3 aromatic rings. The minimum absolute atomic E-state index is 0.153. The molecule has 0 N–H and O–H groups in total. The maximum atomic E-state index is 13.4. The van der Waals surface area contributed by atoms with E-state index in [9.17, 15) is 4.79 Å². The lowest BCUT2D eigenvalue weighted by molar-refractivity contribution is -0.131. The number of benzene rings is 2. The maximum Gasteiger partial charge on any atom is 0.240 e. The first kappa shape index (κ1) is 20.5. The second-order valence-corrected chi connectivity index (χ2v) is 8.46. The van der Waals surface area contributed by atoms with E-state index in [4.69, 9.17) is 4.74 Å². The standard InChI is InChI=1S/C23H26N4O2S/c1-26-21(18-11-13-19(29-2)14-12-18)24-25-23(26)30-20(17-9-5-3-6-10-17)22(28)27-15-7-4-8-16-27/h3,5-6,9-14,20H,4,7-8,15-16H2,1-2H3/t20-/m0/s1. The zero-order chi connectivity index (χ0) is 20.9. The van der Waals surface area contributed by atoms with Gasteiger partial charge in [-0.3, -0.25) is 4.79 Å². The van der Waals surface area contributed by atoms with Crippen molar-refractivity contribution in [3.05, 3.63) is 60.2 Å². The van der Waals surface area contributed by atoms with E-state index in [-0.39, 0.29) is 11.2 Å². The van der Waals surface area contributed by atoms with Crippen LogP contribution < -0.4 is 4.74 Å². The van der Waals surface area contributed by atoms with Crippen LogP contribution in [0.2, 0.25) is 0 Å². The van der Waals surface area contributed by atoms with Gasteiger partial charge >= 0.3 is 0 Å². The third-order valence-electron chi connectivity index (χ3n) is 5.40. The molecule has 1 aliphatic heterocycles. The zero-order valence-corrected chi connectivity index (χ0v) is 18.1. The first-order valence-electron chi connectivity index (χ1n) is 10.2. The third-order valence-corrected chi connectivity index (χ3v) is 6.68. The first-order valence-corrected chi connectivity index (χ1v) is 11.1. The molecule has 1 aliphatic rings. The Bertz CT molecular complexity index is 982. The Kier molecular flexibility index (Phi) is 6.38. The van der Waals surface area contributed by atoms with Crippen LogP contribution in [0.3, 0.4) is 0 Å². The molecule has 0 spiro atoms. The van der Waals surface area contributed by atoms with E-state index in [2.05, 4.69) is 10.2 Å². The molecule has 1 saturated heterocycles. The second-order valence-electron chi connectivity index (χ2n) is 7.39. The highest BCUT2D eigenvalue weighted by Crippen LogP contribution is 2.37. The van der Waals surface area contributed by atoms with Crippen LogP contribution in [-0.2, 0) is 11.8 Å². The average Bonchev–Trinajstić information content (AvgIpc) is 3.18. The summed E-state index contributed by atoms with van der Waals surface area (Å²) in [6.45, 7) is 1.66. The quantitative estimate of drug-likeness (QED) is 0.553. The van der Waals surface area contributed by atoms with Crippen LogP contribution in [-0.4, -0.2) is 45.8 Å². The number of carbonyl (C=O) groups is 1. The lowest BCUT2D eigenvalue weighted by Gasteiger charge is -2.30. The molecule has 4 rings (SSSR count). The number of piperidine rings is 1. The molecule has 0 bridgehead atoms. The van der Waals surface area contributed by atoms with Crippen molar-refractivity contribution in [3.8, 4) is 17.1 Å². The lowest BCUT2D eigenvalue weighted by Crippen LogP contribution is -2.38. The predicted octanol–water partition coefficient (Wildman–Crippen LogP) is 4.34. The number of hydrogen-bond acceptors (Lipinski definition) is 5. The van der Waals surface area contributed by atoms with Crippen LogP contribution in [0.25, 0.3) is 11.4 Å². The number of methoxy groups -OCH3 is 1. The Morgan fingerprint density at radius 2 is 1.70 bits per heavy atom. The molecule has 2 heterocycles. The highest BCUT2D eigenvalue weighted by atomic mass is 32.2. The largest absolute Gasteiger partial charge is 0.497 e. The molecule has 7 heteroatoms. The van der Waals surface area contributed by atoms with Crippen molar-refractivity contribution in [1.29, 1.82) is 0 Å². The van der Waals surface area contributed by atoms with E-state index in [1.807, 2.05) is 71.1 Å². The summed E-state index contributed by atoms with van der Waals surface area (Å²) in [6, 6.07) is 17.7. The Morgan fingerprint density at radius 1 is 1.00 bits per heavy atom. The topological polar surface area (TPSA) is 60.3 Å². The van der Waals surface area contributed by atoms with Crippen molar-refractivity contribution in [1.82, 2.24) is 19.7 Å². The molecule has 2 aromatic carbocycles. The van der Waals surface area contributed by atoms with Crippen molar-refractivity contribution in [2.45, 2.75) is 29.7 Å². The van der Waals surface area contributed by atoms with E-state index < -0.39 is 0 Å². The smallest absolute Gasteiger partial charge is 0.240 e. The van der Waals surface area contributed by atoms with Gasteiger partial charge in [-0.1, -0.05) is 42.1 Å². The molecule has 1 aromatic heterocycles. The number of aromatic nitrogens is 3. The van der Waals surface area contributed by atoms with Gasteiger partial charge < -0.3 is 14.2 Å². The summed E-state index contributed by atoms with van der Waals surface area (Å²) in [5.74, 6) is 1.71. The van der Waals surface area contributed by atoms with Crippen LogP contribution in [0, 0.1) is 0 Å². The summed E-state index contributed by atoms with van der Waals surface area (Å²) in [5, 5.41) is 9.17. The van der Waals surface area contributed by atoms with Crippen LogP contribution in [0.4, 0.5) is 0 Å². The first-order chi connectivity index (χ1) is 14.7. The van der Waals surface area contributed by atoms with Gasteiger partial charge in [-0.2, -0.15) is 0 Å². The number of hydrogen-bond donors (Lipinski definition) is 0. The molecule has 1 amide bonds. The highest BCUT2D eigenvalue weighted by Gasteiger charge is 2.29. The predicted molar refractivity (Wildman–Crippen MR) is 118 cm³/mol. The van der Waals surface area contributed by atoms with E-state index in [0.717, 1.165) is 53.8 Å². The molecule has 0 aliphatic carbocycles. The second kappa shape index (κ2) is 9.34. The summed E-state index contributed by atoms with van der Waals surface area (Å²) < 4.78 is 7.19. The van der Waals surface area contributed by atoms with Gasteiger partial charge in [-0.15, -0.1) is 10.2 Å². The molecule has 1 fully saturated rings. The van der Waals surface area contributed by atoms with Gasteiger partial charge in [0.05, 0.1) is 7.11 Å². The fraction of sp³-hybridized carbons (Fsp3) is 0.348. The number of thioether (sulfide) groups is 1. The monoisotopic (exact) mass is 422 g/mol. The van der Waals surface area contributed by atoms with Crippen molar-refractivity contribution in [2.24, 2.45) is 7.05 Å². The molecule has 0 radical (unpaired) electrons. The van der Waals surface area contributed by atoms with Gasteiger partial charge in [0.1, 0.15) is 11.0 Å². The summed E-state index contributed by atoms with van der Waals surface area (Å²) in [5.41, 5.74) is 1.95. The summed E-state index contributed by atoms with van der Waals surface area (Å²) in [4.78, 5) is 15.4. The molecular weight excluding hydrogens is 396 g/mol. The summed E-state index contributed by atoms with van der Waals surface area (Å²) in [6.07, 6.45) is 3.34. The number of amides is 1. The maximum absolute atomic E-state index is 13.4. The molecule has 0 saturated carbocycles. The van der Waals surface area contributed by atoms with E-state index >= 15 is 0 Å². The minimum Gasteiger partial charge on any atom is -0.497 e. The Hall–Kier alpha value is -2.80. The number of carbonyl (C=O) groups excluding carboxylic acids is 1. The van der Waals surface area contributed by atoms with Gasteiger partial charge in [0.15, 0.2) is 11.0 Å². The Balaban J connectivity index is 1.61. The number of likely N-dealkylation sites (tertiary alicyclic amines) is 1. The molecular formula is C23H26N4O2S. The minimum atomic E-state index is -0.337.